The minimum Gasteiger partial charge on any atom is -0.309 e. The molecule has 1 N–H and O–H groups in total. The highest BCUT2D eigenvalue weighted by Crippen LogP contribution is 2.26. The molecule has 1 fully saturated rings. The van der Waals surface area contributed by atoms with Crippen LogP contribution in [-0.4, -0.2) is 19.0 Å². The number of halogens is 2. The number of rotatable bonds is 5. The molecule has 1 aliphatic rings. The molecule has 2 unspecified atom stereocenters. The van der Waals surface area contributed by atoms with E-state index < -0.39 is 6.43 Å². The van der Waals surface area contributed by atoms with Gasteiger partial charge in [0.15, 0.2) is 0 Å². The van der Waals surface area contributed by atoms with Crippen LogP contribution in [-0.2, 0) is 0 Å². The van der Waals surface area contributed by atoms with E-state index in [2.05, 4.69) is 12.2 Å². The largest absolute Gasteiger partial charge is 0.309 e. The molecule has 0 radical (unpaired) electrons. The molecule has 1 saturated carbocycles. The van der Waals surface area contributed by atoms with Crippen LogP contribution in [0.2, 0.25) is 0 Å². The van der Waals surface area contributed by atoms with E-state index in [0.29, 0.717) is 6.04 Å². The van der Waals surface area contributed by atoms with Crippen molar-refractivity contribution in [3.63, 3.8) is 0 Å². The second kappa shape index (κ2) is 7.15. The van der Waals surface area contributed by atoms with E-state index in [0.717, 1.165) is 18.8 Å². The van der Waals surface area contributed by atoms with Crippen LogP contribution in [0.5, 0.6) is 0 Å². The van der Waals surface area contributed by atoms with Gasteiger partial charge in [-0.1, -0.05) is 32.6 Å². The summed E-state index contributed by atoms with van der Waals surface area (Å²) in [4.78, 5) is 0. The van der Waals surface area contributed by atoms with Gasteiger partial charge in [-0.2, -0.15) is 0 Å². The quantitative estimate of drug-likeness (QED) is 0.697. The molecule has 0 spiro atoms. The average molecular weight is 219 g/mol. The smallest absolute Gasteiger partial charge is 0.250 e. The third-order valence-corrected chi connectivity index (χ3v) is 3.35. The molecule has 0 heterocycles. The summed E-state index contributed by atoms with van der Waals surface area (Å²) in [6.07, 6.45) is 6.21. The first kappa shape index (κ1) is 12.9. The van der Waals surface area contributed by atoms with Crippen molar-refractivity contribution in [3.05, 3.63) is 0 Å². The molecule has 1 aliphatic carbocycles. The zero-order valence-electron chi connectivity index (χ0n) is 9.64. The maximum atomic E-state index is 12.0. The standard InChI is InChI=1S/C12H23F2N/c1-2-4-10-5-3-6-11(8-7-10)15-9-12(13)14/h10-12,15H,2-9H2,1H3. The Balaban J connectivity index is 2.20. The number of alkyl halides is 2. The lowest BCUT2D eigenvalue weighted by Crippen LogP contribution is -2.32. The van der Waals surface area contributed by atoms with Gasteiger partial charge in [0.05, 0.1) is 6.54 Å². The third kappa shape index (κ3) is 5.45. The molecule has 1 rings (SSSR count). The molecule has 0 aromatic heterocycles. The van der Waals surface area contributed by atoms with Crippen molar-refractivity contribution < 1.29 is 8.78 Å². The number of nitrogens with one attached hydrogen (secondary N) is 1. The minimum absolute atomic E-state index is 0.136. The molecule has 0 saturated heterocycles. The van der Waals surface area contributed by atoms with Gasteiger partial charge in [-0.15, -0.1) is 0 Å². The predicted molar refractivity (Wildman–Crippen MR) is 59.3 cm³/mol. The van der Waals surface area contributed by atoms with Gasteiger partial charge in [0.25, 0.3) is 6.43 Å². The molecule has 0 bridgehead atoms. The fraction of sp³-hybridized carbons (Fsp3) is 1.00. The molecular weight excluding hydrogens is 196 g/mol. The summed E-state index contributed by atoms with van der Waals surface area (Å²) in [5.74, 6) is 0.841. The van der Waals surface area contributed by atoms with Crippen molar-refractivity contribution in [1.29, 1.82) is 0 Å². The predicted octanol–water partition coefficient (Wildman–Crippen LogP) is 3.59. The maximum Gasteiger partial charge on any atom is 0.250 e. The summed E-state index contributed by atoms with van der Waals surface area (Å²) in [7, 11) is 0. The maximum absolute atomic E-state index is 12.0. The van der Waals surface area contributed by atoms with Crippen LogP contribution in [0.1, 0.15) is 51.9 Å². The molecule has 0 amide bonds. The monoisotopic (exact) mass is 219 g/mol. The summed E-state index contributed by atoms with van der Waals surface area (Å²) < 4.78 is 24.1. The van der Waals surface area contributed by atoms with Crippen molar-refractivity contribution in [2.45, 2.75) is 64.3 Å². The highest BCUT2D eigenvalue weighted by atomic mass is 19.3. The minimum atomic E-state index is -2.21. The van der Waals surface area contributed by atoms with Crippen molar-refractivity contribution in [3.8, 4) is 0 Å². The second-order valence-electron chi connectivity index (χ2n) is 4.66. The molecular formula is C12H23F2N. The van der Waals surface area contributed by atoms with E-state index in [4.69, 9.17) is 0 Å². The van der Waals surface area contributed by atoms with Gasteiger partial charge < -0.3 is 5.32 Å². The molecule has 3 heteroatoms. The Kier molecular flexibility index (Phi) is 6.15. The number of hydrogen-bond donors (Lipinski definition) is 1. The van der Waals surface area contributed by atoms with E-state index in [-0.39, 0.29) is 6.54 Å². The molecule has 0 aromatic rings. The topological polar surface area (TPSA) is 12.0 Å². The zero-order chi connectivity index (χ0) is 11.1. The molecule has 0 aromatic carbocycles. The number of hydrogen-bond acceptors (Lipinski definition) is 1. The Morgan fingerprint density at radius 1 is 1.20 bits per heavy atom. The molecule has 90 valence electrons. The first-order valence-corrected chi connectivity index (χ1v) is 6.24. The first-order valence-electron chi connectivity index (χ1n) is 6.24. The Morgan fingerprint density at radius 2 is 2.00 bits per heavy atom. The van der Waals surface area contributed by atoms with Crippen molar-refractivity contribution in [2.75, 3.05) is 6.54 Å². The molecule has 0 aliphatic heterocycles. The van der Waals surface area contributed by atoms with Gasteiger partial charge >= 0.3 is 0 Å². The summed E-state index contributed by atoms with van der Waals surface area (Å²) in [6.45, 7) is 2.08. The van der Waals surface area contributed by atoms with Crippen LogP contribution >= 0.6 is 0 Å². The van der Waals surface area contributed by atoms with E-state index in [9.17, 15) is 8.78 Å². The Bertz CT molecular complexity index is 162. The fourth-order valence-corrected chi connectivity index (χ4v) is 2.54. The van der Waals surface area contributed by atoms with Gasteiger partial charge in [-0.25, -0.2) is 8.78 Å². The summed E-state index contributed by atoms with van der Waals surface area (Å²) in [6, 6.07) is 0.334. The zero-order valence-corrected chi connectivity index (χ0v) is 9.64. The van der Waals surface area contributed by atoms with Crippen LogP contribution < -0.4 is 5.32 Å². The lowest BCUT2D eigenvalue weighted by atomic mass is 9.95. The van der Waals surface area contributed by atoms with Crippen LogP contribution in [0.3, 0.4) is 0 Å². The first-order chi connectivity index (χ1) is 7.22. The summed E-state index contributed by atoms with van der Waals surface area (Å²) >= 11 is 0. The summed E-state index contributed by atoms with van der Waals surface area (Å²) in [5, 5.41) is 2.97. The van der Waals surface area contributed by atoms with Crippen LogP contribution in [0, 0.1) is 5.92 Å². The summed E-state index contributed by atoms with van der Waals surface area (Å²) in [5.41, 5.74) is 0. The van der Waals surface area contributed by atoms with Crippen LogP contribution in [0.15, 0.2) is 0 Å². The van der Waals surface area contributed by atoms with Gasteiger partial charge in [-0.3, -0.25) is 0 Å². The van der Waals surface area contributed by atoms with Gasteiger partial charge in [-0.05, 0) is 25.2 Å². The Hall–Kier alpha value is -0.180. The van der Waals surface area contributed by atoms with Crippen molar-refractivity contribution in [2.24, 2.45) is 5.92 Å². The van der Waals surface area contributed by atoms with Gasteiger partial charge in [0, 0.05) is 6.04 Å². The van der Waals surface area contributed by atoms with Crippen molar-refractivity contribution in [1.82, 2.24) is 5.32 Å². The van der Waals surface area contributed by atoms with E-state index in [1.165, 1.54) is 32.1 Å². The highest BCUT2D eigenvalue weighted by Gasteiger charge is 2.18. The SMILES string of the molecule is CCCC1CCCC(NCC(F)F)CC1. The lowest BCUT2D eigenvalue weighted by molar-refractivity contribution is 0.140. The van der Waals surface area contributed by atoms with E-state index in [1.807, 2.05) is 0 Å². The van der Waals surface area contributed by atoms with Gasteiger partial charge in [0.1, 0.15) is 0 Å². The molecule has 2 atom stereocenters. The second-order valence-corrected chi connectivity index (χ2v) is 4.66. The average Bonchev–Trinajstić information content (AvgIpc) is 2.41. The molecule has 1 nitrogen and oxygen atoms in total. The van der Waals surface area contributed by atoms with E-state index >= 15 is 0 Å². The van der Waals surface area contributed by atoms with Gasteiger partial charge in [0.2, 0.25) is 0 Å². The normalized spacial score (nSPS) is 28.0. The third-order valence-electron chi connectivity index (χ3n) is 3.35. The lowest BCUT2D eigenvalue weighted by Gasteiger charge is -2.16. The fourth-order valence-electron chi connectivity index (χ4n) is 2.54. The van der Waals surface area contributed by atoms with Crippen molar-refractivity contribution >= 4 is 0 Å². The van der Waals surface area contributed by atoms with Crippen LogP contribution in [0.4, 0.5) is 8.78 Å². The Labute approximate surface area is 91.6 Å². The van der Waals surface area contributed by atoms with Crippen LogP contribution in [0.25, 0.3) is 0 Å². The highest BCUT2D eigenvalue weighted by molar-refractivity contribution is 4.75. The Morgan fingerprint density at radius 3 is 2.67 bits per heavy atom. The molecule has 15 heavy (non-hydrogen) atoms. The van der Waals surface area contributed by atoms with E-state index in [1.54, 1.807) is 0 Å².